The Hall–Kier alpha value is -1.15. The van der Waals surface area contributed by atoms with E-state index >= 15 is 0 Å². The van der Waals surface area contributed by atoms with Crippen LogP contribution in [0.4, 0.5) is 5.69 Å². The third-order valence-electron chi connectivity index (χ3n) is 4.48. The molecule has 23 heavy (non-hydrogen) atoms. The Balaban J connectivity index is 0.00000192. The van der Waals surface area contributed by atoms with Gasteiger partial charge >= 0.3 is 0 Å². The van der Waals surface area contributed by atoms with E-state index in [-0.39, 0.29) is 29.1 Å². The van der Waals surface area contributed by atoms with Gasteiger partial charge in [-0.05, 0) is 63.2 Å². The predicted octanol–water partition coefficient (Wildman–Crippen LogP) is 0.905. The topological polar surface area (TPSA) is 78.5 Å². The van der Waals surface area contributed by atoms with Crippen LogP contribution in [-0.4, -0.2) is 41.0 Å². The SMILES string of the molecule is CNS(=O)(=O)c1ccc2c(c1)CCN2C(=O)C1CCNCC1.Cl. The summed E-state index contributed by atoms with van der Waals surface area (Å²) in [5.41, 5.74) is 1.79. The molecule has 0 atom stereocenters. The third-order valence-corrected chi connectivity index (χ3v) is 5.89. The lowest BCUT2D eigenvalue weighted by Crippen LogP contribution is -2.40. The number of carbonyl (C=O) groups is 1. The van der Waals surface area contributed by atoms with Gasteiger partial charge in [-0.3, -0.25) is 4.79 Å². The molecule has 0 spiro atoms. The van der Waals surface area contributed by atoms with Gasteiger partial charge in [0.15, 0.2) is 0 Å². The summed E-state index contributed by atoms with van der Waals surface area (Å²) in [6.07, 6.45) is 2.45. The molecule has 1 saturated heterocycles. The lowest BCUT2D eigenvalue weighted by molar-refractivity contribution is -0.123. The number of fused-ring (bicyclic) bond motifs is 1. The lowest BCUT2D eigenvalue weighted by Gasteiger charge is -2.27. The molecule has 0 bridgehead atoms. The van der Waals surface area contributed by atoms with Crippen molar-refractivity contribution in [3.8, 4) is 0 Å². The van der Waals surface area contributed by atoms with Crippen LogP contribution in [0.3, 0.4) is 0 Å². The molecular weight excluding hydrogens is 338 g/mol. The lowest BCUT2D eigenvalue weighted by atomic mass is 9.96. The molecule has 2 aliphatic heterocycles. The maximum atomic E-state index is 12.7. The van der Waals surface area contributed by atoms with Crippen molar-refractivity contribution < 1.29 is 13.2 Å². The van der Waals surface area contributed by atoms with Crippen molar-refractivity contribution in [2.24, 2.45) is 5.92 Å². The van der Waals surface area contributed by atoms with E-state index in [0.29, 0.717) is 13.0 Å². The Morgan fingerprint density at radius 3 is 2.65 bits per heavy atom. The van der Waals surface area contributed by atoms with E-state index in [0.717, 1.165) is 37.2 Å². The first-order valence-corrected chi connectivity index (χ1v) is 9.10. The van der Waals surface area contributed by atoms with Crippen molar-refractivity contribution in [1.29, 1.82) is 0 Å². The Kier molecular flexibility index (Phi) is 5.67. The monoisotopic (exact) mass is 359 g/mol. The van der Waals surface area contributed by atoms with Crippen LogP contribution in [0.15, 0.2) is 23.1 Å². The number of amides is 1. The van der Waals surface area contributed by atoms with Crippen LogP contribution in [0.2, 0.25) is 0 Å². The molecule has 0 aromatic heterocycles. The average Bonchev–Trinajstić information content (AvgIpc) is 2.98. The summed E-state index contributed by atoms with van der Waals surface area (Å²) in [5.74, 6) is 0.248. The van der Waals surface area contributed by atoms with Gasteiger partial charge in [0.1, 0.15) is 0 Å². The number of hydrogen-bond donors (Lipinski definition) is 2. The normalized spacial score (nSPS) is 18.4. The molecule has 0 aliphatic carbocycles. The number of piperidine rings is 1. The van der Waals surface area contributed by atoms with Gasteiger partial charge in [0.25, 0.3) is 0 Å². The number of nitrogens with one attached hydrogen (secondary N) is 2. The maximum absolute atomic E-state index is 12.7. The van der Waals surface area contributed by atoms with E-state index in [1.165, 1.54) is 7.05 Å². The highest BCUT2D eigenvalue weighted by molar-refractivity contribution is 7.89. The maximum Gasteiger partial charge on any atom is 0.240 e. The second-order valence-corrected chi connectivity index (χ2v) is 7.65. The summed E-state index contributed by atoms with van der Waals surface area (Å²) >= 11 is 0. The Labute approximate surface area is 143 Å². The fraction of sp³-hybridized carbons (Fsp3) is 0.533. The van der Waals surface area contributed by atoms with Crippen molar-refractivity contribution >= 4 is 34.0 Å². The quantitative estimate of drug-likeness (QED) is 0.840. The molecule has 2 N–H and O–H groups in total. The molecule has 0 saturated carbocycles. The largest absolute Gasteiger partial charge is 0.317 e. The minimum Gasteiger partial charge on any atom is -0.317 e. The van der Waals surface area contributed by atoms with Crippen molar-refractivity contribution in [2.45, 2.75) is 24.2 Å². The first-order chi connectivity index (χ1) is 10.5. The number of halogens is 1. The number of hydrogen-bond acceptors (Lipinski definition) is 4. The summed E-state index contributed by atoms with van der Waals surface area (Å²) in [4.78, 5) is 14.7. The summed E-state index contributed by atoms with van der Waals surface area (Å²) in [6.45, 7) is 2.41. The molecule has 2 heterocycles. The van der Waals surface area contributed by atoms with Crippen LogP contribution in [-0.2, 0) is 21.2 Å². The van der Waals surface area contributed by atoms with Crippen molar-refractivity contribution in [2.75, 3.05) is 31.6 Å². The Morgan fingerprint density at radius 2 is 2.00 bits per heavy atom. The number of carbonyl (C=O) groups excluding carboxylic acids is 1. The van der Waals surface area contributed by atoms with E-state index in [9.17, 15) is 13.2 Å². The minimum absolute atomic E-state index is 0. The zero-order valence-corrected chi connectivity index (χ0v) is 14.7. The smallest absolute Gasteiger partial charge is 0.240 e. The highest BCUT2D eigenvalue weighted by atomic mass is 35.5. The van der Waals surface area contributed by atoms with E-state index in [4.69, 9.17) is 0 Å². The van der Waals surface area contributed by atoms with E-state index in [1.54, 1.807) is 18.2 Å². The van der Waals surface area contributed by atoms with Crippen LogP contribution in [0.1, 0.15) is 18.4 Å². The molecule has 8 heteroatoms. The summed E-state index contributed by atoms with van der Waals surface area (Å²) in [7, 11) is -2.04. The second-order valence-electron chi connectivity index (χ2n) is 5.76. The van der Waals surface area contributed by atoms with Gasteiger partial charge in [-0.15, -0.1) is 12.4 Å². The Morgan fingerprint density at radius 1 is 1.30 bits per heavy atom. The van der Waals surface area contributed by atoms with Crippen molar-refractivity contribution in [3.63, 3.8) is 0 Å². The van der Waals surface area contributed by atoms with Gasteiger partial charge in [-0.2, -0.15) is 0 Å². The van der Waals surface area contributed by atoms with E-state index < -0.39 is 10.0 Å². The van der Waals surface area contributed by atoms with Gasteiger partial charge in [0.2, 0.25) is 15.9 Å². The van der Waals surface area contributed by atoms with Gasteiger partial charge in [0.05, 0.1) is 4.90 Å². The summed E-state index contributed by atoms with van der Waals surface area (Å²) in [5, 5.41) is 3.27. The molecule has 1 amide bonds. The molecule has 128 valence electrons. The second kappa shape index (κ2) is 7.17. The zero-order chi connectivity index (χ0) is 15.7. The molecule has 1 aromatic rings. The van der Waals surface area contributed by atoms with Crippen LogP contribution in [0.25, 0.3) is 0 Å². The zero-order valence-electron chi connectivity index (χ0n) is 13.0. The fourth-order valence-corrected chi connectivity index (χ4v) is 3.96. The van der Waals surface area contributed by atoms with E-state index in [2.05, 4.69) is 10.0 Å². The van der Waals surface area contributed by atoms with Crippen molar-refractivity contribution in [3.05, 3.63) is 23.8 Å². The molecule has 3 rings (SSSR count). The van der Waals surface area contributed by atoms with Gasteiger partial charge in [-0.1, -0.05) is 0 Å². The fourth-order valence-electron chi connectivity index (χ4n) is 3.18. The van der Waals surface area contributed by atoms with Crippen molar-refractivity contribution in [1.82, 2.24) is 10.0 Å². The number of rotatable bonds is 3. The molecule has 0 unspecified atom stereocenters. The number of benzene rings is 1. The van der Waals surface area contributed by atoms with Crippen LogP contribution >= 0.6 is 12.4 Å². The standard InChI is InChI=1S/C15H21N3O3S.ClH/c1-16-22(20,21)13-2-3-14-12(10-13)6-9-18(14)15(19)11-4-7-17-8-5-11;/h2-3,10-11,16-17H,4-9H2,1H3;1H. The van der Waals surface area contributed by atoms with Gasteiger partial charge in [-0.25, -0.2) is 13.1 Å². The highest BCUT2D eigenvalue weighted by Crippen LogP contribution is 2.32. The molecule has 6 nitrogen and oxygen atoms in total. The summed E-state index contributed by atoms with van der Waals surface area (Å²) < 4.78 is 26.0. The molecule has 2 aliphatic rings. The highest BCUT2D eigenvalue weighted by Gasteiger charge is 2.31. The van der Waals surface area contributed by atoms with E-state index in [1.807, 2.05) is 4.90 Å². The average molecular weight is 360 g/mol. The minimum atomic E-state index is -3.44. The third kappa shape index (κ3) is 3.52. The Bertz CT molecular complexity index is 687. The summed E-state index contributed by atoms with van der Waals surface area (Å²) in [6, 6.07) is 5.00. The number of sulfonamides is 1. The number of anilines is 1. The van der Waals surface area contributed by atoms with Gasteiger partial charge < -0.3 is 10.2 Å². The van der Waals surface area contributed by atoms with Crippen LogP contribution < -0.4 is 14.9 Å². The molecular formula is C15H22ClN3O3S. The first-order valence-electron chi connectivity index (χ1n) is 7.61. The predicted molar refractivity (Wildman–Crippen MR) is 91.6 cm³/mol. The molecule has 1 fully saturated rings. The number of nitrogens with zero attached hydrogens (tertiary/aromatic N) is 1. The first kappa shape index (κ1) is 18.2. The van der Waals surface area contributed by atoms with Crippen LogP contribution in [0.5, 0.6) is 0 Å². The van der Waals surface area contributed by atoms with Gasteiger partial charge in [0, 0.05) is 18.2 Å². The van der Waals surface area contributed by atoms with Crippen LogP contribution in [0, 0.1) is 5.92 Å². The molecule has 1 aromatic carbocycles. The molecule has 0 radical (unpaired) electrons.